The van der Waals surface area contributed by atoms with Gasteiger partial charge < -0.3 is 10.1 Å². The summed E-state index contributed by atoms with van der Waals surface area (Å²) in [5.41, 5.74) is 0.769. The molecule has 0 bridgehead atoms. The Balaban J connectivity index is 2.43. The molecule has 1 aromatic rings. The molecule has 0 saturated heterocycles. The maximum absolute atomic E-state index is 13.0. The van der Waals surface area contributed by atoms with Crippen molar-refractivity contribution in [1.82, 2.24) is 5.32 Å². The van der Waals surface area contributed by atoms with Crippen molar-refractivity contribution in [3.63, 3.8) is 0 Å². The summed E-state index contributed by atoms with van der Waals surface area (Å²) < 4.78 is 18.2. The van der Waals surface area contributed by atoms with Crippen molar-refractivity contribution in [2.45, 2.75) is 11.9 Å². The third kappa shape index (κ3) is 5.02. The number of ether oxygens (including phenoxy) is 1. The van der Waals surface area contributed by atoms with Gasteiger partial charge in [-0.25, -0.2) is 4.39 Å². The molecule has 3 nitrogen and oxygen atoms in total. The van der Waals surface area contributed by atoms with E-state index in [1.165, 1.54) is 19.2 Å². The van der Waals surface area contributed by atoms with Crippen LogP contribution in [-0.4, -0.2) is 25.0 Å². The zero-order valence-electron chi connectivity index (χ0n) is 9.17. The van der Waals surface area contributed by atoms with Gasteiger partial charge in [-0.2, -0.15) is 0 Å². The normalized spacial score (nSPS) is 12.2. The van der Waals surface area contributed by atoms with Crippen molar-refractivity contribution in [2.24, 2.45) is 0 Å². The SMILES string of the molecule is COC(=O)C(Cl)CNCc1cc(F)cc(Br)c1. The summed E-state index contributed by atoms with van der Waals surface area (Å²) in [5, 5.41) is 2.21. The molecule has 17 heavy (non-hydrogen) atoms. The molecule has 1 atom stereocenters. The molecule has 0 aromatic heterocycles. The maximum Gasteiger partial charge on any atom is 0.325 e. The minimum Gasteiger partial charge on any atom is -0.468 e. The third-order valence-corrected chi connectivity index (χ3v) is 2.82. The fourth-order valence-corrected chi connectivity index (χ4v) is 1.98. The van der Waals surface area contributed by atoms with Crippen LogP contribution in [0.25, 0.3) is 0 Å². The van der Waals surface area contributed by atoms with E-state index in [1.54, 1.807) is 6.07 Å². The van der Waals surface area contributed by atoms with Crippen LogP contribution in [0.2, 0.25) is 0 Å². The second kappa shape index (κ2) is 6.93. The minimum absolute atomic E-state index is 0.266. The Kier molecular flexibility index (Phi) is 5.88. The van der Waals surface area contributed by atoms with Crippen LogP contribution in [0.4, 0.5) is 4.39 Å². The van der Waals surface area contributed by atoms with Crippen LogP contribution < -0.4 is 5.32 Å². The van der Waals surface area contributed by atoms with Gasteiger partial charge in [-0.1, -0.05) is 15.9 Å². The molecule has 0 heterocycles. The lowest BCUT2D eigenvalue weighted by Crippen LogP contribution is -2.29. The highest BCUT2D eigenvalue weighted by Crippen LogP contribution is 2.14. The first-order valence-electron chi connectivity index (χ1n) is 4.90. The summed E-state index contributed by atoms with van der Waals surface area (Å²) in [6, 6.07) is 4.58. The van der Waals surface area contributed by atoms with E-state index in [-0.39, 0.29) is 12.4 Å². The third-order valence-electron chi connectivity index (χ3n) is 2.03. The number of rotatable bonds is 5. The summed E-state index contributed by atoms with van der Waals surface area (Å²) in [5.74, 6) is -0.800. The van der Waals surface area contributed by atoms with Gasteiger partial charge in [0.15, 0.2) is 0 Å². The van der Waals surface area contributed by atoms with E-state index in [0.717, 1.165) is 5.56 Å². The van der Waals surface area contributed by atoms with Gasteiger partial charge in [-0.3, -0.25) is 4.79 Å². The molecule has 0 fully saturated rings. The number of hydrogen-bond donors (Lipinski definition) is 1. The molecule has 1 aromatic carbocycles. The van der Waals surface area contributed by atoms with Crippen LogP contribution >= 0.6 is 27.5 Å². The number of esters is 1. The number of halogens is 3. The Bertz CT molecular complexity index is 383. The molecule has 1 N–H and O–H groups in total. The molecule has 1 unspecified atom stereocenters. The van der Waals surface area contributed by atoms with Gasteiger partial charge in [0, 0.05) is 17.6 Å². The molecule has 0 spiro atoms. The fourth-order valence-electron chi connectivity index (χ4n) is 1.27. The van der Waals surface area contributed by atoms with Crippen molar-refractivity contribution >= 4 is 33.5 Å². The lowest BCUT2D eigenvalue weighted by Gasteiger charge is -2.09. The monoisotopic (exact) mass is 323 g/mol. The van der Waals surface area contributed by atoms with Crippen LogP contribution in [-0.2, 0) is 16.1 Å². The number of benzene rings is 1. The van der Waals surface area contributed by atoms with Crippen LogP contribution in [0.5, 0.6) is 0 Å². The number of alkyl halides is 1. The molecular formula is C11H12BrClFNO2. The van der Waals surface area contributed by atoms with Crippen LogP contribution in [0.1, 0.15) is 5.56 Å². The Morgan fingerprint density at radius 1 is 1.59 bits per heavy atom. The number of nitrogens with one attached hydrogen (secondary N) is 1. The molecule has 6 heteroatoms. The van der Waals surface area contributed by atoms with E-state index in [1.807, 2.05) is 0 Å². The highest BCUT2D eigenvalue weighted by atomic mass is 79.9. The van der Waals surface area contributed by atoms with Gasteiger partial charge in [-0.05, 0) is 23.8 Å². The Morgan fingerprint density at radius 3 is 2.88 bits per heavy atom. The van der Waals surface area contributed by atoms with E-state index < -0.39 is 11.3 Å². The van der Waals surface area contributed by atoms with Crippen LogP contribution in [0.15, 0.2) is 22.7 Å². The first-order chi connectivity index (χ1) is 8.02. The van der Waals surface area contributed by atoms with Crippen molar-refractivity contribution in [3.05, 3.63) is 34.1 Å². The predicted molar refractivity (Wildman–Crippen MR) is 67.5 cm³/mol. The van der Waals surface area contributed by atoms with Crippen molar-refractivity contribution in [3.8, 4) is 0 Å². The Hall–Kier alpha value is -0.650. The zero-order chi connectivity index (χ0) is 12.8. The Morgan fingerprint density at radius 2 is 2.29 bits per heavy atom. The topological polar surface area (TPSA) is 38.3 Å². The molecule has 0 aliphatic heterocycles. The summed E-state index contributed by atoms with van der Waals surface area (Å²) in [6.07, 6.45) is 0. The molecule has 0 amide bonds. The van der Waals surface area contributed by atoms with E-state index in [4.69, 9.17) is 11.6 Å². The quantitative estimate of drug-likeness (QED) is 0.668. The maximum atomic E-state index is 13.0. The number of methoxy groups -OCH3 is 1. The molecular weight excluding hydrogens is 312 g/mol. The highest BCUT2D eigenvalue weighted by molar-refractivity contribution is 9.10. The average Bonchev–Trinajstić information content (AvgIpc) is 2.26. The number of hydrogen-bond acceptors (Lipinski definition) is 3. The first-order valence-corrected chi connectivity index (χ1v) is 6.13. The van der Waals surface area contributed by atoms with Gasteiger partial charge in [0.05, 0.1) is 7.11 Å². The van der Waals surface area contributed by atoms with Gasteiger partial charge >= 0.3 is 5.97 Å². The van der Waals surface area contributed by atoms with Crippen molar-refractivity contribution in [2.75, 3.05) is 13.7 Å². The van der Waals surface area contributed by atoms with Gasteiger partial charge in [0.1, 0.15) is 11.2 Å². The summed E-state index contributed by atoms with van der Waals surface area (Å²) >= 11 is 8.94. The predicted octanol–water partition coefficient (Wildman–Crippen LogP) is 2.46. The van der Waals surface area contributed by atoms with E-state index in [2.05, 4.69) is 26.0 Å². The van der Waals surface area contributed by atoms with E-state index in [9.17, 15) is 9.18 Å². The standard InChI is InChI=1S/C11H12BrClFNO2/c1-17-11(16)10(13)6-15-5-7-2-8(12)4-9(14)3-7/h2-4,10,15H,5-6H2,1H3. The second-order valence-corrected chi connectivity index (χ2v) is 4.84. The molecule has 94 valence electrons. The smallest absolute Gasteiger partial charge is 0.325 e. The van der Waals surface area contributed by atoms with Crippen molar-refractivity contribution < 1.29 is 13.9 Å². The first kappa shape index (κ1) is 14.4. The molecule has 1 rings (SSSR count). The van der Waals surface area contributed by atoms with Gasteiger partial charge in [0.25, 0.3) is 0 Å². The molecule has 0 saturated carbocycles. The zero-order valence-corrected chi connectivity index (χ0v) is 11.5. The van der Waals surface area contributed by atoms with E-state index >= 15 is 0 Å². The number of carbonyl (C=O) groups is 1. The molecule has 0 aliphatic rings. The van der Waals surface area contributed by atoms with Gasteiger partial charge in [0.2, 0.25) is 0 Å². The van der Waals surface area contributed by atoms with Crippen LogP contribution in [0.3, 0.4) is 0 Å². The highest BCUT2D eigenvalue weighted by Gasteiger charge is 2.14. The van der Waals surface area contributed by atoms with Gasteiger partial charge in [-0.15, -0.1) is 11.6 Å². The molecule has 0 aliphatic carbocycles. The Labute approximate surface area is 112 Å². The fraction of sp³-hybridized carbons (Fsp3) is 0.364. The second-order valence-electron chi connectivity index (χ2n) is 3.40. The number of carbonyl (C=O) groups excluding carboxylic acids is 1. The largest absolute Gasteiger partial charge is 0.468 e. The summed E-state index contributed by atoms with van der Waals surface area (Å²) in [7, 11) is 1.28. The average molecular weight is 325 g/mol. The van der Waals surface area contributed by atoms with Crippen molar-refractivity contribution in [1.29, 1.82) is 0 Å². The summed E-state index contributed by atoms with van der Waals surface area (Å²) in [6.45, 7) is 0.693. The molecule has 0 radical (unpaired) electrons. The summed E-state index contributed by atoms with van der Waals surface area (Å²) in [4.78, 5) is 11.0. The van der Waals surface area contributed by atoms with E-state index in [0.29, 0.717) is 11.0 Å². The van der Waals surface area contributed by atoms with Crippen LogP contribution in [0, 0.1) is 5.82 Å². The minimum atomic E-state index is -0.739. The lowest BCUT2D eigenvalue weighted by atomic mass is 10.2. The lowest BCUT2D eigenvalue weighted by molar-refractivity contribution is -0.140.